The second kappa shape index (κ2) is 5.30. The molecule has 44 valence electrons. The van der Waals surface area contributed by atoms with E-state index in [1.54, 1.807) is 0 Å². The van der Waals surface area contributed by atoms with Gasteiger partial charge in [0.2, 0.25) is 0 Å². The van der Waals surface area contributed by atoms with E-state index in [4.69, 9.17) is 0 Å². The van der Waals surface area contributed by atoms with Crippen molar-refractivity contribution in [2.75, 3.05) is 12.9 Å². The van der Waals surface area contributed by atoms with Crippen LogP contribution in [0, 0.1) is 0 Å². The van der Waals surface area contributed by atoms with Crippen LogP contribution in [0.1, 0.15) is 0 Å². The van der Waals surface area contributed by atoms with Crippen molar-refractivity contribution in [2.45, 2.75) is 0 Å². The molecule has 0 saturated heterocycles. The van der Waals surface area contributed by atoms with Crippen molar-refractivity contribution in [3.63, 3.8) is 0 Å². The number of rotatable bonds is 2. The smallest absolute Gasteiger partial charge is 0.747 e. The first-order valence-electron chi connectivity index (χ1n) is 1.64. The van der Waals surface area contributed by atoms with Gasteiger partial charge in [0.05, 0.1) is 5.88 Å². The topological polar surface area (TPSA) is 69.2 Å². The SMILES string of the molecule is CNCS(=O)(=O)[O-].[K+]. The van der Waals surface area contributed by atoms with Crippen LogP contribution in [-0.4, -0.2) is 25.9 Å². The summed E-state index contributed by atoms with van der Waals surface area (Å²) >= 11 is 0. The molecule has 0 unspecified atom stereocenters. The first-order valence-corrected chi connectivity index (χ1v) is 3.22. The molecule has 0 heterocycles. The maximum absolute atomic E-state index is 9.61. The Bertz CT molecular complexity index is 130. The first-order chi connectivity index (χ1) is 3.06. The molecular weight excluding hydrogens is 157 g/mol. The largest absolute Gasteiger partial charge is 1.00 e. The third kappa shape index (κ3) is 10.5. The van der Waals surface area contributed by atoms with Crippen molar-refractivity contribution in [1.29, 1.82) is 0 Å². The molecule has 0 aliphatic heterocycles. The van der Waals surface area contributed by atoms with Crippen LogP contribution in [0.3, 0.4) is 0 Å². The average molecular weight is 163 g/mol. The van der Waals surface area contributed by atoms with E-state index in [2.05, 4.69) is 5.32 Å². The van der Waals surface area contributed by atoms with Gasteiger partial charge < -0.3 is 9.87 Å². The van der Waals surface area contributed by atoms with Crippen LogP contribution in [-0.2, 0) is 10.1 Å². The van der Waals surface area contributed by atoms with Crippen LogP contribution < -0.4 is 56.7 Å². The van der Waals surface area contributed by atoms with Crippen LogP contribution in [0.5, 0.6) is 0 Å². The quantitative estimate of drug-likeness (QED) is 0.330. The molecule has 1 N–H and O–H groups in total. The zero-order chi connectivity index (χ0) is 5.91. The van der Waals surface area contributed by atoms with Crippen LogP contribution >= 0.6 is 0 Å². The van der Waals surface area contributed by atoms with Crippen molar-refractivity contribution < 1.29 is 64.4 Å². The molecule has 0 aromatic rings. The predicted octanol–water partition coefficient (Wildman–Crippen LogP) is -4.29. The van der Waals surface area contributed by atoms with Gasteiger partial charge in [-0.15, -0.1) is 0 Å². The fourth-order valence-corrected chi connectivity index (χ4v) is 0.530. The Morgan fingerprint density at radius 3 is 2.00 bits per heavy atom. The average Bonchev–Trinajstić information content (AvgIpc) is 1.30. The molecule has 0 atom stereocenters. The summed E-state index contributed by atoms with van der Waals surface area (Å²) in [6.45, 7) is 0. The van der Waals surface area contributed by atoms with Gasteiger partial charge in [0.15, 0.2) is 0 Å². The molecule has 0 spiro atoms. The third-order valence-electron chi connectivity index (χ3n) is 0.321. The monoisotopic (exact) mass is 163 g/mol. The molecule has 4 nitrogen and oxygen atoms in total. The number of hydrogen-bond donors (Lipinski definition) is 1. The second-order valence-corrected chi connectivity index (χ2v) is 2.46. The molecule has 0 aliphatic carbocycles. The van der Waals surface area contributed by atoms with E-state index in [1.807, 2.05) is 0 Å². The van der Waals surface area contributed by atoms with E-state index in [0.29, 0.717) is 0 Å². The van der Waals surface area contributed by atoms with Gasteiger partial charge in [-0.25, -0.2) is 8.42 Å². The predicted molar refractivity (Wildman–Crippen MR) is 23.6 cm³/mol. The first kappa shape index (κ1) is 12.2. The van der Waals surface area contributed by atoms with Gasteiger partial charge in [-0.2, -0.15) is 0 Å². The molecule has 0 aliphatic rings. The van der Waals surface area contributed by atoms with E-state index < -0.39 is 16.0 Å². The molecule has 0 amide bonds. The van der Waals surface area contributed by atoms with Gasteiger partial charge in [-0.1, -0.05) is 0 Å². The normalized spacial score (nSPS) is 10.2. The second-order valence-electron chi connectivity index (χ2n) is 1.06. The van der Waals surface area contributed by atoms with E-state index in [0.717, 1.165) is 0 Å². The summed E-state index contributed by atoms with van der Waals surface area (Å²) in [5, 5.41) is 2.21. The Morgan fingerprint density at radius 2 is 2.00 bits per heavy atom. The molecule has 6 heteroatoms. The van der Waals surface area contributed by atoms with E-state index >= 15 is 0 Å². The molecular formula is C2H6KNO3S. The Labute approximate surface area is 91.2 Å². The Balaban J connectivity index is 0. The summed E-state index contributed by atoms with van der Waals surface area (Å²) in [5.74, 6) is -0.493. The zero-order valence-electron chi connectivity index (χ0n) is 4.84. The zero-order valence-corrected chi connectivity index (χ0v) is 8.78. The summed E-state index contributed by atoms with van der Waals surface area (Å²) in [7, 11) is -2.64. The molecule has 0 fully saturated rings. The summed E-state index contributed by atoms with van der Waals surface area (Å²) in [4.78, 5) is 0. The van der Waals surface area contributed by atoms with Crippen molar-refractivity contribution in [3.8, 4) is 0 Å². The van der Waals surface area contributed by atoms with Gasteiger partial charge in [0, 0.05) is 0 Å². The molecule has 8 heavy (non-hydrogen) atoms. The van der Waals surface area contributed by atoms with Crippen molar-refractivity contribution in [2.24, 2.45) is 0 Å². The van der Waals surface area contributed by atoms with Crippen LogP contribution in [0.4, 0.5) is 0 Å². The Morgan fingerprint density at radius 1 is 1.62 bits per heavy atom. The fraction of sp³-hybridized carbons (Fsp3) is 1.00. The Kier molecular flexibility index (Phi) is 8.09. The van der Waals surface area contributed by atoms with Gasteiger partial charge in [0.25, 0.3) is 0 Å². The van der Waals surface area contributed by atoms with E-state index in [-0.39, 0.29) is 51.4 Å². The van der Waals surface area contributed by atoms with Crippen LogP contribution in [0.15, 0.2) is 0 Å². The fourth-order valence-electron chi connectivity index (χ4n) is 0.177. The minimum atomic E-state index is -4.04. The maximum atomic E-state index is 9.61. The summed E-state index contributed by atoms with van der Waals surface area (Å²) in [6, 6.07) is 0. The van der Waals surface area contributed by atoms with Crippen LogP contribution in [0.25, 0.3) is 0 Å². The summed E-state index contributed by atoms with van der Waals surface area (Å²) in [6.07, 6.45) is 0. The van der Waals surface area contributed by atoms with Crippen molar-refractivity contribution in [1.82, 2.24) is 5.32 Å². The van der Waals surface area contributed by atoms with Gasteiger partial charge >= 0.3 is 51.4 Å². The molecule has 0 rings (SSSR count). The van der Waals surface area contributed by atoms with Crippen molar-refractivity contribution in [3.05, 3.63) is 0 Å². The van der Waals surface area contributed by atoms with Gasteiger partial charge in [-0.05, 0) is 7.05 Å². The van der Waals surface area contributed by atoms with E-state index in [9.17, 15) is 13.0 Å². The molecule has 0 saturated carbocycles. The Hall–Kier alpha value is 1.51. The molecule has 0 aromatic heterocycles. The molecule has 0 aromatic carbocycles. The summed E-state index contributed by atoms with van der Waals surface area (Å²) < 4.78 is 28.8. The standard InChI is InChI=1S/C2H7NO3S.K/c1-3-2-7(4,5)6;/h3H,2H2,1H3,(H,4,5,6);/q;+1/p-1. The summed E-state index contributed by atoms with van der Waals surface area (Å²) in [5.41, 5.74) is 0. The molecule has 0 bridgehead atoms. The van der Waals surface area contributed by atoms with Gasteiger partial charge in [-0.3, -0.25) is 0 Å². The third-order valence-corrected chi connectivity index (χ3v) is 0.963. The minimum absolute atomic E-state index is 0. The van der Waals surface area contributed by atoms with Crippen LogP contribution in [0.2, 0.25) is 0 Å². The maximum Gasteiger partial charge on any atom is 1.00 e. The number of hydrogen-bond acceptors (Lipinski definition) is 4. The van der Waals surface area contributed by atoms with E-state index in [1.165, 1.54) is 7.05 Å². The number of nitrogens with one attached hydrogen (secondary N) is 1. The van der Waals surface area contributed by atoms with Crippen molar-refractivity contribution >= 4 is 10.1 Å². The minimum Gasteiger partial charge on any atom is -0.747 e. The van der Waals surface area contributed by atoms with Gasteiger partial charge in [0.1, 0.15) is 10.1 Å². The molecule has 0 radical (unpaired) electrons.